The van der Waals surface area contributed by atoms with Crippen LogP contribution in [0.1, 0.15) is 66.8 Å². The maximum absolute atomic E-state index is 13.7. The van der Waals surface area contributed by atoms with Crippen LogP contribution in [0, 0.1) is 5.92 Å². The second kappa shape index (κ2) is 12.1. The lowest BCUT2D eigenvalue weighted by Gasteiger charge is -2.33. The number of carbonyl (C=O) groups is 1. The number of benzene rings is 2. The van der Waals surface area contributed by atoms with Crippen LogP contribution >= 0.6 is 0 Å². The van der Waals surface area contributed by atoms with Gasteiger partial charge in [0.1, 0.15) is 12.4 Å². The lowest BCUT2D eigenvalue weighted by Crippen LogP contribution is -2.48. The predicted molar refractivity (Wildman–Crippen MR) is 173 cm³/mol. The molecule has 3 aromatic rings. The molecule has 0 unspecified atom stereocenters. The monoisotopic (exact) mass is 619 g/mol. The fourth-order valence-electron chi connectivity index (χ4n) is 7.35. The maximum atomic E-state index is 13.7. The molecule has 2 aliphatic heterocycles. The van der Waals surface area contributed by atoms with E-state index in [4.69, 9.17) is 4.74 Å². The number of fused-ring (bicyclic) bond motifs is 4. The van der Waals surface area contributed by atoms with Gasteiger partial charge in [0.05, 0.1) is 11.7 Å². The van der Waals surface area contributed by atoms with Crippen LogP contribution in [0.25, 0.3) is 22.2 Å². The first-order valence-corrected chi connectivity index (χ1v) is 17.8. The van der Waals surface area contributed by atoms with Crippen LogP contribution in [-0.4, -0.2) is 92.5 Å². The van der Waals surface area contributed by atoms with Crippen molar-refractivity contribution in [3.8, 4) is 17.0 Å². The third-order valence-corrected chi connectivity index (χ3v) is 11.7. The van der Waals surface area contributed by atoms with Gasteiger partial charge in [0.25, 0.3) is 5.91 Å². The number of carbonyl (C=O) groups excluding carboxylic acids is 1. The molecule has 2 aromatic carbocycles. The van der Waals surface area contributed by atoms with Gasteiger partial charge in [0, 0.05) is 61.3 Å². The van der Waals surface area contributed by atoms with Crippen LogP contribution in [-0.2, 0) is 16.8 Å². The van der Waals surface area contributed by atoms with Crippen molar-refractivity contribution < 1.29 is 17.9 Å². The fraction of sp³-hybridized carbons (Fsp3) is 0.559. The number of aromatic nitrogens is 1. The molecule has 4 aliphatic rings. The van der Waals surface area contributed by atoms with Gasteiger partial charge < -0.3 is 14.2 Å². The molecule has 0 spiro atoms. The molecule has 1 amide bonds. The lowest BCUT2D eigenvalue weighted by molar-refractivity contribution is 0.0978. The summed E-state index contributed by atoms with van der Waals surface area (Å²) < 4.78 is 40.1. The average molecular weight is 620 g/mol. The molecule has 236 valence electrons. The number of hydrogen-bond acceptors (Lipinski definition) is 6. The number of likely N-dealkylation sites (N-methyl/N-ethyl adjacent to an activating group) is 2. The highest BCUT2D eigenvalue weighted by molar-refractivity contribution is 7.87. The molecule has 3 heterocycles. The molecule has 44 heavy (non-hydrogen) atoms. The molecule has 0 radical (unpaired) electrons. The van der Waals surface area contributed by atoms with E-state index in [0.717, 1.165) is 61.0 Å². The van der Waals surface area contributed by atoms with Gasteiger partial charge in [0.2, 0.25) is 0 Å². The Morgan fingerprint density at radius 3 is 2.50 bits per heavy atom. The largest absolute Gasteiger partial charge is 0.491 e. The molecule has 1 atom stereocenters. The molecule has 1 N–H and O–H groups in total. The first-order valence-electron chi connectivity index (χ1n) is 16.4. The summed E-state index contributed by atoms with van der Waals surface area (Å²) in [6.45, 7) is 4.28. The molecular formula is C34H45N5O4S. The summed E-state index contributed by atoms with van der Waals surface area (Å²) in [5, 5.41) is 1.15. The van der Waals surface area contributed by atoms with Crippen LogP contribution < -0.4 is 9.46 Å². The molecule has 1 aromatic heterocycles. The Morgan fingerprint density at radius 2 is 1.70 bits per heavy atom. The molecule has 7 rings (SSSR count). The van der Waals surface area contributed by atoms with E-state index in [1.54, 1.807) is 6.07 Å². The van der Waals surface area contributed by atoms with Gasteiger partial charge in [-0.25, -0.2) is 4.72 Å². The highest BCUT2D eigenvalue weighted by Gasteiger charge is 2.34. The molecular weight excluding hydrogens is 574 g/mol. The zero-order valence-electron chi connectivity index (χ0n) is 26.0. The summed E-state index contributed by atoms with van der Waals surface area (Å²) in [6, 6.07) is 14.2. The van der Waals surface area contributed by atoms with Gasteiger partial charge in [-0.2, -0.15) is 12.7 Å². The van der Waals surface area contributed by atoms with Crippen LogP contribution in [0.4, 0.5) is 0 Å². The Balaban J connectivity index is 1.40. The summed E-state index contributed by atoms with van der Waals surface area (Å²) in [5.74, 6) is 1.10. The molecule has 0 saturated heterocycles. The Bertz CT molecular complexity index is 1640. The van der Waals surface area contributed by atoms with Gasteiger partial charge in [-0.05, 0) is 81.4 Å². The predicted octanol–water partition coefficient (Wildman–Crippen LogP) is 4.68. The minimum Gasteiger partial charge on any atom is -0.491 e. The second-order valence-corrected chi connectivity index (χ2v) is 15.1. The van der Waals surface area contributed by atoms with Gasteiger partial charge in [0.15, 0.2) is 0 Å². The van der Waals surface area contributed by atoms with Gasteiger partial charge >= 0.3 is 10.2 Å². The second-order valence-electron chi connectivity index (χ2n) is 13.4. The van der Waals surface area contributed by atoms with E-state index in [0.29, 0.717) is 50.2 Å². The Morgan fingerprint density at radius 1 is 0.932 bits per heavy atom. The number of para-hydroxylation sites is 1. The lowest BCUT2D eigenvalue weighted by atomic mass is 9.81. The van der Waals surface area contributed by atoms with Crippen molar-refractivity contribution in [1.29, 1.82) is 0 Å². The van der Waals surface area contributed by atoms with Crippen molar-refractivity contribution in [2.75, 3.05) is 53.4 Å². The number of rotatable bonds is 3. The van der Waals surface area contributed by atoms with Crippen LogP contribution in [0.5, 0.6) is 5.75 Å². The zero-order valence-corrected chi connectivity index (χ0v) is 26.8. The highest BCUT2D eigenvalue weighted by atomic mass is 32.2. The summed E-state index contributed by atoms with van der Waals surface area (Å²) >= 11 is 0. The van der Waals surface area contributed by atoms with Gasteiger partial charge in [-0.15, -0.1) is 0 Å². The minimum absolute atomic E-state index is 0.113. The molecule has 2 aliphatic carbocycles. The topological polar surface area (TPSA) is 87.1 Å². The Hall–Kier alpha value is -2.92. The average Bonchev–Trinajstić information content (AvgIpc) is 3.79. The van der Waals surface area contributed by atoms with Crippen molar-refractivity contribution in [3.63, 3.8) is 0 Å². The van der Waals surface area contributed by atoms with Gasteiger partial charge in [-0.1, -0.05) is 37.5 Å². The first kappa shape index (κ1) is 29.8. The van der Waals surface area contributed by atoms with E-state index in [2.05, 4.69) is 50.4 Å². The number of ether oxygens (including phenoxy) is 1. The Labute approximate surface area is 261 Å². The highest BCUT2D eigenvalue weighted by Crippen LogP contribution is 2.47. The van der Waals surface area contributed by atoms with E-state index < -0.39 is 16.1 Å². The summed E-state index contributed by atoms with van der Waals surface area (Å²) in [5.41, 5.74) is 4.96. The molecule has 9 nitrogen and oxygen atoms in total. The fourth-order valence-corrected chi connectivity index (χ4v) is 8.56. The van der Waals surface area contributed by atoms with E-state index in [9.17, 15) is 13.2 Å². The molecule has 4 bridgehead atoms. The van der Waals surface area contributed by atoms with Crippen molar-refractivity contribution in [3.05, 3.63) is 53.6 Å². The third kappa shape index (κ3) is 5.89. The zero-order chi connectivity index (χ0) is 30.4. The minimum atomic E-state index is -4.00. The quantitative estimate of drug-likeness (QED) is 0.458. The standard InChI is InChI=1S/C34H45N5O4S/c1-36-16-18-37(2)27-22-39-30-20-26(34(40)35-44(41,42)38(19-17-36)21-24-12-13-24)14-15-28(30)32(25-8-4-3-5-9-25)33(39)29-10-6-7-11-31(29)43-23-27/h6-7,10-11,14-15,20,24-25,27H,3-5,8-9,12-13,16-19,21-23H2,1-2H3,(H,35,40)/t27-/m1/s1. The SMILES string of the molecule is CN1CCN(C)[C@H]2COc3ccccc3-c3c(C4CCCCC4)c4ccc(cc4n3C2)C(=O)NS(=O)(=O)N(CC2CC2)CC1. The van der Waals surface area contributed by atoms with Crippen LogP contribution in [0.15, 0.2) is 42.5 Å². The maximum Gasteiger partial charge on any atom is 0.304 e. The molecule has 2 fully saturated rings. The third-order valence-electron chi connectivity index (χ3n) is 10.3. The van der Waals surface area contributed by atoms with E-state index in [-0.39, 0.29) is 6.04 Å². The van der Waals surface area contributed by atoms with E-state index in [1.165, 1.54) is 34.8 Å². The molecule has 10 heteroatoms. The summed E-state index contributed by atoms with van der Waals surface area (Å²) in [4.78, 5) is 18.2. The summed E-state index contributed by atoms with van der Waals surface area (Å²) in [6.07, 6.45) is 8.04. The summed E-state index contributed by atoms with van der Waals surface area (Å²) in [7, 11) is 0.204. The number of nitrogens with one attached hydrogen (secondary N) is 1. The first-order chi connectivity index (χ1) is 21.3. The number of amides is 1. The normalized spacial score (nSPS) is 24.5. The smallest absolute Gasteiger partial charge is 0.304 e. The van der Waals surface area contributed by atoms with Crippen molar-refractivity contribution in [1.82, 2.24) is 23.4 Å². The van der Waals surface area contributed by atoms with Crippen molar-refractivity contribution in [2.24, 2.45) is 5.92 Å². The molecule has 2 saturated carbocycles. The van der Waals surface area contributed by atoms with Gasteiger partial charge in [-0.3, -0.25) is 9.69 Å². The number of hydrogen-bond donors (Lipinski definition) is 1. The van der Waals surface area contributed by atoms with Crippen molar-refractivity contribution in [2.45, 2.75) is 63.5 Å². The Kier molecular flexibility index (Phi) is 8.20. The van der Waals surface area contributed by atoms with E-state index >= 15 is 0 Å². The van der Waals surface area contributed by atoms with Crippen LogP contribution in [0.2, 0.25) is 0 Å². The van der Waals surface area contributed by atoms with Crippen molar-refractivity contribution >= 4 is 27.0 Å². The van der Waals surface area contributed by atoms with Crippen LogP contribution in [0.3, 0.4) is 0 Å². The number of nitrogens with zero attached hydrogens (tertiary/aromatic N) is 4. The van der Waals surface area contributed by atoms with E-state index in [1.807, 2.05) is 19.2 Å².